The molecule has 0 radical (unpaired) electrons. The SMILES string of the molecule is CN(C(=O)c1ccc(Br)cc1)c1ccc2c(c1)OCO2. The van der Waals surface area contributed by atoms with Crippen LogP contribution in [-0.2, 0) is 0 Å². The maximum atomic E-state index is 12.4. The molecule has 102 valence electrons. The van der Waals surface area contributed by atoms with Gasteiger partial charge in [-0.3, -0.25) is 4.79 Å². The summed E-state index contributed by atoms with van der Waals surface area (Å²) in [4.78, 5) is 14.0. The molecule has 0 N–H and O–H groups in total. The predicted octanol–water partition coefficient (Wildman–Crippen LogP) is 3.45. The van der Waals surface area contributed by atoms with E-state index in [0.29, 0.717) is 17.1 Å². The third-order valence-electron chi connectivity index (χ3n) is 3.14. The molecule has 2 aromatic carbocycles. The number of nitrogens with zero attached hydrogens (tertiary/aromatic N) is 1. The van der Waals surface area contributed by atoms with Crippen LogP contribution in [0, 0.1) is 0 Å². The number of anilines is 1. The van der Waals surface area contributed by atoms with E-state index in [2.05, 4.69) is 15.9 Å². The van der Waals surface area contributed by atoms with Crippen LogP contribution in [0.15, 0.2) is 46.9 Å². The number of benzene rings is 2. The van der Waals surface area contributed by atoms with Crippen molar-refractivity contribution in [2.24, 2.45) is 0 Å². The van der Waals surface area contributed by atoms with Gasteiger partial charge in [0.05, 0.1) is 0 Å². The highest BCUT2D eigenvalue weighted by molar-refractivity contribution is 9.10. The van der Waals surface area contributed by atoms with Gasteiger partial charge in [0.15, 0.2) is 11.5 Å². The molecule has 1 heterocycles. The zero-order chi connectivity index (χ0) is 14.1. The zero-order valence-corrected chi connectivity index (χ0v) is 12.4. The van der Waals surface area contributed by atoms with Crippen molar-refractivity contribution in [2.75, 3.05) is 18.7 Å². The van der Waals surface area contributed by atoms with Gasteiger partial charge in [-0.2, -0.15) is 0 Å². The highest BCUT2D eigenvalue weighted by atomic mass is 79.9. The summed E-state index contributed by atoms with van der Waals surface area (Å²) in [7, 11) is 1.74. The van der Waals surface area contributed by atoms with E-state index in [1.54, 1.807) is 30.1 Å². The molecule has 0 atom stereocenters. The van der Waals surface area contributed by atoms with Crippen LogP contribution in [0.1, 0.15) is 10.4 Å². The summed E-state index contributed by atoms with van der Waals surface area (Å²) in [5.41, 5.74) is 1.40. The number of carbonyl (C=O) groups is 1. The van der Waals surface area contributed by atoms with Gasteiger partial charge in [-0.05, 0) is 36.4 Å². The van der Waals surface area contributed by atoms with Gasteiger partial charge in [-0.1, -0.05) is 15.9 Å². The monoisotopic (exact) mass is 333 g/mol. The third-order valence-corrected chi connectivity index (χ3v) is 3.67. The average molecular weight is 334 g/mol. The molecule has 0 saturated heterocycles. The largest absolute Gasteiger partial charge is 0.454 e. The van der Waals surface area contributed by atoms with Crippen molar-refractivity contribution in [3.63, 3.8) is 0 Å². The average Bonchev–Trinajstić information content (AvgIpc) is 2.94. The number of fused-ring (bicyclic) bond motifs is 1. The minimum Gasteiger partial charge on any atom is -0.454 e. The number of amides is 1. The maximum Gasteiger partial charge on any atom is 0.258 e. The molecule has 1 amide bonds. The van der Waals surface area contributed by atoms with Crippen molar-refractivity contribution in [3.8, 4) is 11.5 Å². The second-order valence-corrected chi connectivity index (χ2v) is 5.32. The highest BCUT2D eigenvalue weighted by Crippen LogP contribution is 2.35. The van der Waals surface area contributed by atoms with E-state index in [-0.39, 0.29) is 12.7 Å². The van der Waals surface area contributed by atoms with Crippen molar-refractivity contribution >= 4 is 27.5 Å². The van der Waals surface area contributed by atoms with Crippen molar-refractivity contribution < 1.29 is 14.3 Å². The lowest BCUT2D eigenvalue weighted by atomic mass is 10.2. The Bertz CT molecular complexity index is 655. The van der Waals surface area contributed by atoms with Gasteiger partial charge in [-0.15, -0.1) is 0 Å². The van der Waals surface area contributed by atoms with Gasteiger partial charge in [0.25, 0.3) is 5.91 Å². The van der Waals surface area contributed by atoms with E-state index in [9.17, 15) is 4.79 Å². The molecule has 20 heavy (non-hydrogen) atoms. The molecule has 0 aromatic heterocycles. The van der Waals surface area contributed by atoms with Gasteiger partial charge >= 0.3 is 0 Å². The lowest BCUT2D eigenvalue weighted by molar-refractivity contribution is 0.0993. The number of hydrogen-bond donors (Lipinski definition) is 0. The van der Waals surface area contributed by atoms with E-state index < -0.39 is 0 Å². The maximum absolute atomic E-state index is 12.4. The first kappa shape index (κ1) is 13.0. The molecule has 0 spiro atoms. The Kier molecular flexibility index (Phi) is 3.36. The zero-order valence-electron chi connectivity index (χ0n) is 10.8. The third kappa shape index (κ3) is 2.36. The second-order valence-electron chi connectivity index (χ2n) is 4.41. The molecule has 1 aliphatic rings. The Morgan fingerprint density at radius 3 is 2.55 bits per heavy atom. The molecule has 0 bridgehead atoms. The van der Waals surface area contributed by atoms with E-state index in [1.165, 1.54) is 0 Å². The first-order valence-electron chi connectivity index (χ1n) is 6.08. The lowest BCUT2D eigenvalue weighted by Gasteiger charge is -2.17. The summed E-state index contributed by atoms with van der Waals surface area (Å²) in [6, 6.07) is 12.7. The van der Waals surface area contributed by atoms with Gasteiger partial charge < -0.3 is 14.4 Å². The van der Waals surface area contributed by atoms with Crippen molar-refractivity contribution in [2.45, 2.75) is 0 Å². The van der Waals surface area contributed by atoms with Crippen LogP contribution >= 0.6 is 15.9 Å². The molecule has 0 unspecified atom stereocenters. The molecule has 3 rings (SSSR count). The van der Waals surface area contributed by atoms with Crippen LogP contribution < -0.4 is 14.4 Å². The summed E-state index contributed by atoms with van der Waals surface area (Å²) in [6.07, 6.45) is 0. The topological polar surface area (TPSA) is 38.8 Å². The van der Waals surface area contributed by atoms with E-state index >= 15 is 0 Å². The lowest BCUT2D eigenvalue weighted by Crippen LogP contribution is -2.26. The summed E-state index contributed by atoms with van der Waals surface area (Å²) in [5.74, 6) is 1.30. The van der Waals surface area contributed by atoms with Crippen molar-refractivity contribution in [1.82, 2.24) is 0 Å². The van der Waals surface area contributed by atoms with Crippen LogP contribution in [0.2, 0.25) is 0 Å². The number of ether oxygens (including phenoxy) is 2. The van der Waals surface area contributed by atoms with Crippen LogP contribution in [-0.4, -0.2) is 19.7 Å². The molecule has 0 aliphatic carbocycles. The molecular weight excluding hydrogens is 322 g/mol. The molecule has 0 saturated carbocycles. The summed E-state index contributed by atoms with van der Waals surface area (Å²) in [6.45, 7) is 0.225. The van der Waals surface area contributed by atoms with Gasteiger partial charge in [0.1, 0.15) is 0 Å². The van der Waals surface area contributed by atoms with Crippen molar-refractivity contribution in [1.29, 1.82) is 0 Å². The Balaban J connectivity index is 1.86. The molecular formula is C15H12BrNO3. The summed E-state index contributed by atoms with van der Waals surface area (Å²) >= 11 is 3.35. The highest BCUT2D eigenvalue weighted by Gasteiger charge is 2.18. The quantitative estimate of drug-likeness (QED) is 0.844. The summed E-state index contributed by atoms with van der Waals surface area (Å²) < 4.78 is 11.5. The Morgan fingerprint density at radius 1 is 1.10 bits per heavy atom. The molecule has 0 fully saturated rings. The minimum absolute atomic E-state index is 0.0728. The van der Waals surface area contributed by atoms with Crippen LogP contribution in [0.25, 0.3) is 0 Å². The van der Waals surface area contributed by atoms with Crippen LogP contribution in [0.3, 0.4) is 0 Å². The number of halogens is 1. The first-order chi connectivity index (χ1) is 9.65. The summed E-state index contributed by atoms with van der Waals surface area (Å²) in [5, 5.41) is 0. The predicted molar refractivity (Wildman–Crippen MR) is 79.4 cm³/mol. The van der Waals surface area contributed by atoms with Crippen LogP contribution in [0.4, 0.5) is 5.69 Å². The van der Waals surface area contributed by atoms with Gasteiger partial charge in [-0.25, -0.2) is 0 Å². The fraction of sp³-hybridized carbons (Fsp3) is 0.133. The van der Waals surface area contributed by atoms with E-state index in [4.69, 9.17) is 9.47 Å². The van der Waals surface area contributed by atoms with Gasteiger partial charge in [0.2, 0.25) is 6.79 Å². The standard InChI is InChI=1S/C15H12BrNO3/c1-17(15(18)10-2-4-11(16)5-3-10)12-6-7-13-14(8-12)20-9-19-13/h2-8H,9H2,1H3. The number of rotatable bonds is 2. The Hall–Kier alpha value is -2.01. The number of carbonyl (C=O) groups excluding carboxylic acids is 1. The number of hydrogen-bond acceptors (Lipinski definition) is 3. The second kappa shape index (κ2) is 5.17. The van der Waals surface area contributed by atoms with E-state index in [1.807, 2.05) is 24.3 Å². The van der Waals surface area contributed by atoms with E-state index in [0.717, 1.165) is 10.2 Å². The van der Waals surface area contributed by atoms with Crippen molar-refractivity contribution in [3.05, 3.63) is 52.5 Å². The smallest absolute Gasteiger partial charge is 0.258 e. The van der Waals surface area contributed by atoms with Crippen LogP contribution in [0.5, 0.6) is 11.5 Å². The van der Waals surface area contributed by atoms with Gasteiger partial charge in [0, 0.05) is 28.8 Å². The first-order valence-corrected chi connectivity index (χ1v) is 6.88. The molecule has 2 aromatic rings. The fourth-order valence-corrected chi connectivity index (χ4v) is 2.26. The minimum atomic E-state index is -0.0728. The molecule has 4 nitrogen and oxygen atoms in total. The molecule has 5 heteroatoms. The molecule has 1 aliphatic heterocycles. The normalized spacial score (nSPS) is 12.3. The fourth-order valence-electron chi connectivity index (χ4n) is 2.00. The Labute approximate surface area is 125 Å². The Morgan fingerprint density at radius 2 is 1.80 bits per heavy atom.